The Morgan fingerprint density at radius 3 is 2.59 bits per heavy atom. The molecular formula is C22H24N2O3. The third kappa shape index (κ3) is 4.57. The molecule has 1 heterocycles. The zero-order valence-corrected chi connectivity index (χ0v) is 15.8. The van der Waals surface area contributed by atoms with E-state index < -0.39 is 6.04 Å². The van der Waals surface area contributed by atoms with Gasteiger partial charge in [0.1, 0.15) is 17.6 Å². The fourth-order valence-corrected chi connectivity index (χ4v) is 3.10. The van der Waals surface area contributed by atoms with E-state index >= 15 is 0 Å². The molecule has 140 valence electrons. The number of methoxy groups -OCH3 is 1. The van der Waals surface area contributed by atoms with Crippen LogP contribution in [0.15, 0.2) is 71.3 Å². The Hall–Kier alpha value is -3.05. The van der Waals surface area contributed by atoms with Crippen molar-refractivity contribution in [3.05, 3.63) is 83.8 Å². The van der Waals surface area contributed by atoms with Crippen molar-refractivity contribution in [1.82, 2.24) is 4.90 Å². The summed E-state index contributed by atoms with van der Waals surface area (Å²) in [6.07, 6.45) is 1.64. The van der Waals surface area contributed by atoms with Crippen LogP contribution in [0.2, 0.25) is 0 Å². The fourth-order valence-electron chi connectivity index (χ4n) is 3.10. The maximum absolute atomic E-state index is 13.2. The van der Waals surface area contributed by atoms with Crippen LogP contribution in [0.3, 0.4) is 0 Å². The quantitative estimate of drug-likeness (QED) is 0.675. The Bertz CT molecular complexity index is 876. The Kier molecular flexibility index (Phi) is 5.94. The molecule has 0 radical (unpaired) electrons. The summed E-state index contributed by atoms with van der Waals surface area (Å²) in [5, 5.41) is 3.03. The van der Waals surface area contributed by atoms with Crippen LogP contribution in [-0.4, -0.2) is 25.0 Å². The number of hydrogen-bond acceptors (Lipinski definition) is 4. The Labute approximate surface area is 159 Å². The van der Waals surface area contributed by atoms with Gasteiger partial charge in [0.05, 0.1) is 25.6 Å². The van der Waals surface area contributed by atoms with Gasteiger partial charge in [-0.3, -0.25) is 9.69 Å². The smallest absolute Gasteiger partial charge is 0.246 e. The molecule has 0 aliphatic carbocycles. The van der Waals surface area contributed by atoms with Crippen LogP contribution in [0.25, 0.3) is 0 Å². The molecule has 1 amide bonds. The predicted octanol–water partition coefficient (Wildman–Crippen LogP) is 4.41. The number of benzene rings is 2. The van der Waals surface area contributed by atoms with E-state index in [-0.39, 0.29) is 5.91 Å². The van der Waals surface area contributed by atoms with Crippen LogP contribution in [0.4, 0.5) is 5.69 Å². The zero-order valence-electron chi connectivity index (χ0n) is 15.8. The molecule has 0 saturated heterocycles. The van der Waals surface area contributed by atoms with Gasteiger partial charge in [-0.05, 0) is 49.4 Å². The molecule has 0 saturated carbocycles. The number of amides is 1. The first-order valence-electron chi connectivity index (χ1n) is 8.81. The van der Waals surface area contributed by atoms with Gasteiger partial charge in [0.25, 0.3) is 0 Å². The number of furan rings is 1. The zero-order chi connectivity index (χ0) is 19.2. The van der Waals surface area contributed by atoms with E-state index in [4.69, 9.17) is 9.15 Å². The maximum Gasteiger partial charge on any atom is 0.246 e. The molecule has 1 atom stereocenters. The molecule has 0 fully saturated rings. The van der Waals surface area contributed by atoms with Gasteiger partial charge in [0.2, 0.25) is 5.91 Å². The molecule has 1 N–H and O–H groups in total. The minimum absolute atomic E-state index is 0.126. The number of ether oxygens (including phenoxy) is 1. The fraction of sp³-hybridized carbons (Fsp3) is 0.227. The number of carbonyl (C=O) groups is 1. The molecule has 0 aliphatic rings. The highest BCUT2D eigenvalue weighted by Crippen LogP contribution is 2.28. The highest BCUT2D eigenvalue weighted by molar-refractivity contribution is 5.96. The van der Waals surface area contributed by atoms with Crippen LogP contribution in [0.1, 0.15) is 22.9 Å². The monoisotopic (exact) mass is 364 g/mol. The van der Waals surface area contributed by atoms with Crippen molar-refractivity contribution in [2.75, 3.05) is 19.5 Å². The molecule has 1 unspecified atom stereocenters. The van der Waals surface area contributed by atoms with E-state index in [1.54, 1.807) is 13.4 Å². The second-order valence-electron chi connectivity index (χ2n) is 6.50. The summed E-state index contributed by atoms with van der Waals surface area (Å²) in [7, 11) is 3.51. The highest BCUT2D eigenvalue weighted by atomic mass is 16.5. The summed E-state index contributed by atoms with van der Waals surface area (Å²) in [5.74, 6) is 1.31. The molecule has 1 aromatic heterocycles. The van der Waals surface area contributed by atoms with Gasteiger partial charge in [-0.15, -0.1) is 0 Å². The van der Waals surface area contributed by atoms with Gasteiger partial charge in [-0.1, -0.05) is 36.4 Å². The lowest BCUT2D eigenvalue weighted by Crippen LogP contribution is -2.34. The lowest BCUT2D eigenvalue weighted by molar-refractivity contribution is -0.121. The van der Waals surface area contributed by atoms with Gasteiger partial charge in [-0.25, -0.2) is 0 Å². The topological polar surface area (TPSA) is 54.7 Å². The minimum atomic E-state index is -0.471. The molecule has 0 aliphatic heterocycles. The van der Waals surface area contributed by atoms with Crippen LogP contribution in [0, 0.1) is 6.92 Å². The molecule has 3 rings (SSSR count). The van der Waals surface area contributed by atoms with E-state index in [9.17, 15) is 4.79 Å². The van der Waals surface area contributed by atoms with Gasteiger partial charge >= 0.3 is 0 Å². The van der Waals surface area contributed by atoms with Gasteiger partial charge in [0.15, 0.2) is 0 Å². The first-order valence-corrected chi connectivity index (χ1v) is 8.81. The number of anilines is 1. The van der Waals surface area contributed by atoms with Crippen molar-refractivity contribution in [2.45, 2.75) is 19.5 Å². The summed E-state index contributed by atoms with van der Waals surface area (Å²) in [4.78, 5) is 15.2. The van der Waals surface area contributed by atoms with E-state index in [0.29, 0.717) is 18.0 Å². The Balaban J connectivity index is 1.88. The third-order valence-corrected chi connectivity index (χ3v) is 4.40. The molecular weight excluding hydrogens is 340 g/mol. The van der Waals surface area contributed by atoms with Crippen molar-refractivity contribution in [3.8, 4) is 5.75 Å². The lowest BCUT2D eigenvalue weighted by atomic mass is 10.0. The maximum atomic E-state index is 13.2. The van der Waals surface area contributed by atoms with Crippen molar-refractivity contribution in [2.24, 2.45) is 0 Å². The van der Waals surface area contributed by atoms with Crippen LogP contribution < -0.4 is 10.1 Å². The van der Waals surface area contributed by atoms with Crippen LogP contribution in [0.5, 0.6) is 5.75 Å². The van der Waals surface area contributed by atoms with Crippen molar-refractivity contribution >= 4 is 11.6 Å². The highest BCUT2D eigenvalue weighted by Gasteiger charge is 2.26. The molecule has 3 aromatic rings. The summed E-state index contributed by atoms with van der Waals surface area (Å²) in [6.45, 7) is 2.50. The second kappa shape index (κ2) is 8.56. The average Bonchev–Trinajstić information content (AvgIpc) is 3.16. The van der Waals surface area contributed by atoms with E-state index in [0.717, 1.165) is 16.9 Å². The molecule has 5 heteroatoms. The molecule has 2 aromatic carbocycles. The number of likely N-dealkylation sites (N-methyl/N-ethyl adjacent to an activating group) is 1. The van der Waals surface area contributed by atoms with E-state index in [1.807, 2.05) is 79.5 Å². The summed E-state index contributed by atoms with van der Waals surface area (Å²) in [5.41, 5.74) is 2.62. The average molecular weight is 364 g/mol. The molecule has 5 nitrogen and oxygen atoms in total. The number of hydrogen-bond donors (Lipinski definition) is 1. The number of nitrogens with zero attached hydrogens (tertiary/aromatic N) is 1. The summed E-state index contributed by atoms with van der Waals surface area (Å²) in [6, 6.07) is 18.7. The summed E-state index contributed by atoms with van der Waals surface area (Å²) >= 11 is 0. The number of rotatable bonds is 7. The van der Waals surface area contributed by atoms with Crippen molar-refractivity contribution < 1.29 is 13.9 Å². The second-order valence-corrected chi connectivity index (χ2v) is 6.50. The lowest BCUT2D eigenvalue weighted by Gasteiger charge is -2.27. The van der Waals surface area contributed by atoms with E-state index in [1.165, 1.54) is 0 Å². The predicted molar refractivity (Wildman–Crippen MR) is 106 cm³/mol. The van der Waals surface area contributed by atoms with E-state index in [2.05, 4.69) is 5.32 Å². The first-order chi connectivity index (χ1) is 13.1. The van der Waals surface area contributed by atoms with Crippen LogP contribution >= 0.6 is 0 Å². The third-order valence-electron chi connectivity index (χ3n) is 4.40. The first kappa shape index (κ1) is 18.7. The Morgan fingerprint density at radius 2 is 1.93 bits per heavy atom. The molecule has 27 heavy (non-hydrogen) atoms. The van der Waals surface area contributed by atoms with Crippen molar-refractivity contribution in [3.63, 3.8) is 0 Å². The molecule has 0 bridgehead atoms. The minimum Gasteiger partial charge on any atom is -0.495 e. The number of aryl methyl sites for hydroxylation is 1. The van der Waals surface area contributed by atoms with Gasteiger partial charge in [-0.2, -0.15) is 0 Å². The largest absolute Gasteiger partial charge is 0.495 e. The molecule has 0 spiro atoms. The van der Waals surface area contributed by atoms with Gasteiger partial charge < -0.3 is 14.5 Å². The van der Waals surface area contributed by atoms with Crippen molar-refractivity contribution in [1.29, 1.82) is 0 Å². The standard InChI is InChI=1S/C22H24N2O3/c1-16-11-12-20(26-3)19(14-16)23-22(25)21(17-8-5-4-6-9-17)24(2)15-18-10-7-13-27-18/h4-14,21H,15H2,1-3H3,(H,23,25). The Morgan fingerprint density at radius 1 is 1.15 bits per heavy atom. The normalized spacial score (nSPS) is 12.0. The number of carbonyl (C=O) groups excluding carboxylic acids is 1. The SMILES string of the molecule is COc1ccc(C)cc1NC(=O)C(c1ccccc1)N(C)Cc1ccco1. The summed E-state index contributed by atoms with van der Waals surface area (Å²) < 4.78 is 10.8. The van der Waals surface area contributed by atoms with Crippen LogP contribution in [-0.2, 0) is 11.3 Å². The number of nitrogens with one attached hydrogen (secondary N) is 1. The van der Waals surface area contributed by atoms with Gasteiger partial charge in [0, 0.05) is 0 Å².